The highest BCUT2D eigenvalue weighted by atomic mass is 32.1. The summed E-state index contributed by atoms with van der Waals surface area (Å²) in [7, 11) is 0. The lowest BCUT2D eigenvalue weighted by atomic mass is 9.96. The van der Waals surface area contributed by atoms with E-state index in [0.717, 1.165) is 15.8 Å². The molecule has 2 aromatic heterocycles. The topological polar surface area (TPSA) is 69.1 Å². The number of hydrogen-bond acceptors (Lipinski definition) is 5. The Hall–Kier alpha value is -1.01. The Morgan fingerprint density at radius 1 is 1.38 bits per heavy atom. The van der Waals surface area contributed by atoms with Gasteiger partial charge in [-0.25, -0.2) is 0 Å². The van der Waals surface area contributed by atoms with Gasteiger partial charge in [0.1, 0.15) is 5.01 Å². The largest absolute Gasteiger partial charge is 0.330 e. The highest BCUT2D eigenvalue weighted by molar-refractivity contribution is 7.16. The van der Waals surface area contributed by atoms with Crippen LogP contribution in [0, 0.1) is 0 Å². The van der Waals surface area contributed by atoms with Gasteiger partial charge in [0.2, 0.25) is 4.96 Å². The lowest BCUT2D eigenvalue weighted by Gasteiger charge is -2.13. The van der Waals surface area contributed by atoms with E-state index in [0.29, 0.717) is 6.54 Å². The Morgan fingerprint density at radius 3 is 2.62 bits per heavy atom. The fraction of sp³-hybridized carbons (Fsp3) is 0.700. The van der Waals surface area contributed by atoms with E-state index in [2.05, 4.69) is 43.0 Å². The summed E-state index contributed by atoms with van der Waals surface area (Å²) in [5, 5.41) is 13.9. The van der Waals surface area contributed by atoms with E-state index in [1.807, 2.05) is 4.52 Å². The normalized spacial score (nSPS) is 14.6. The third-order valence-electron chi connectivity index (χ3n) is 2.45. The molecule has 1 atom stereocenters. The van der Waals surface area contributed by atoms with Crippen LogP contribution in [0.3, 0.4) is 0 Å². The maximum atomic E-state index is 5.64. The third kappa shape index (κ3) is 1.82. The minimum Gasteiger partial charge on any atom is -0.330 e. The number of fused-ring (bicyclic) bond motifs is 1. The van der Waals surface area contributed by atoms with Gasteiger partial charge in [-0.05, 0) is 0 Å². The van der Waals surface area contributed by atoms with Gasteiger partial charge < -0.3 is 5.73 Å². The maximum Gasteiger partial charge on any atom is 0.234 e. The third-order valence-corrected chi connectivity index (χ3v) is 3.58. The molecule has 0 aliphatic heterocycles. The van der Waals surface area contributed by atoms with Crippen molar-refractivity contribution < 1.29 is 0 Å². The summed E-state index contributed by atoms with van der Waals surface area (Å²) in [6, 6.07) is 0. The second-order valence-corrected chi connectivity index (χ2v) is 6.03. The van der Waals surface area contributed by atoms with E-state index in [9.17, 15) is 0 Å². The van der Waals surface area contributed by atoms with Crippen LogP contribution in [-0.4, -0.2) is 26.4 Å². The summed E-state index contributed by atoms with van der Waals surface area (Å²) in [4.78, 5) is 0.847. The fourth-order valence-corrected chi connectivity index (χ4v) is 2.30. The van der Waals surface area contributed by atoms with Gasteiger partial charge in [0, 0.05) is 17.9 Å². The molecule has 0 bridgehead atoms. The molecule has 0 aromatic carbocycles. The fourth-order valence-electron chi connectivity index (χ4n) is 1.40. The van der Waals surface area contributed by atoms with Gasteiger partial charge in [-0.1, -0.05) is 39.0 Å². The molecule has 2 heterocycles. The summed E-state index contributed by atoms with van der Waals surface area (Å²) in [5.74, 6) is 1.17. The molecule has 2 aromatic rings. The van der Waals surface area contributed by atoms with Crippen LogP contribution in [-0.2, 0) is 5.41 Å². The summed E-state index contributed by atoms with van der Waals surface area (Å²) < 4.78 is 1.84. The first-order chi connectivity index (χ1) is 7.43. The van der Waals surface area contributed by atoms with Gasteiger partial charge in [0.05, 0.1) is 0 Å². The summed E-state index contributed by atoms with van der Waals surface area (Å²) in [6.07, 6.45) is 0. The van der Waals surface area contributed by atoms with Gasteiger partial charge in [-0.2, -0.15) is 9.61 Å². The van der Waals surface area contributed by atoms with E-state index >= 15 is 0 Å². The van der Waals surface area contributed by atoms with Crippen molar-refractivity contribution in [3.05, 3.63) is 10.8 Å². The lowest BCUT2D eigenvalue weighted by Crippen LogP contribution is -2.17. The monoisotopic (exact) mass is 239 g/mol. The summed E-state index contributed by atoms with van der Waals surface area (Å²) in [5.41, 5.74) is 5.59. The number of nitrogens with two attached hydrogens (primary N) is 1. The van der Waals surface area contributed by atoms with Crippen LogP contribution >= 0.6 is 11.3 Å². The second kappa shape index (κ2) is 3.78. The Morgan fingerprint density at radius 2 is 2.06 bits per heavy atom. The molecule has 0 aliphatic rings. The van der Waals surface area contributed by atoms with Crippen molar-refractivity contribution in [2.75, 3.05) is 6.54 Å². The maximum absolute atomic E-state index is 5.64. The van der Waals surface area contributed by atoms with Crippen molar-refractivity contribution in [2.45, 2.75) is 39.0 Å². The van der Waals surface area contributed by atoms with Crippen LogP contribution < -0.4 is 5.73 Å². The summed E-state index contributed by atoms with van der Waals surface area (Å²) in [6.45, 7) is 9.00. The molecule has 5 nitrogen and oxygen atoms in total. The van der Waals surface area contributed by atoms with Gasteiger partial charge in [-0.15, -0.1) is 10.2 Å². The van der Waals surface area contributed by atoms with Crippen molar-refractivity contribution in [2.24, 2.45) is 5.73 Å². The molecule has 0 saturated heterocycles. The van der Waals surface area contributed by atoms with Gasteiger partial charge in [0.25, 0.3) is 0 Å². The van der Waals surface area contributed by atoms with E-state index in [1.54, 1.807) is 11.3 Å². The predicted octanol–water partition coefficient (Wildman–Crippen LogP) is 1.55. The van der Waals surface area contributed by atoms with Crippen LogP contribution in [0.4, 0.5) is 0 Å². The minimum atomic E-state index is -0.0449. The molecule has 2 N–H and O–H groups in total. The van der Waals surface area contributed by atoms with E-state index in [1.165, 1.54) is 0 Å². The van der Waals surface area contributed by atoms with Crippen LogP contribution in [0.5, 0.6) is 0 Å². The molecule has 0 radical (unpaired) electrons. The van der Waals surface area contributed by atoms with Gasteiger partial charge >= 0.3 is 0 Å². The molecule has 6 heteroatoms. The van der Waals surface area contributed by atoms with E-state index in [4.69, 9.17) is 5.73 Å². The first-order valence-corrected chi connectivity index (χ1v) is 6.18. The van der Waals surface area contributed by atoms with Crippen LogP contribution in [0.1, 0.15) is 44.4 Å². The Kier molecular flexibility index (Phi) is 2.71. The number of aromatic nitrogens is 4. The molecule has 0 aliphatic carbocycles. The van der Waals surface area contributed by atoms with Crippen molar-refractivity contribution in [3.8, 4) is 0 Å². The Balaban J connectivity index is 2.52. The smallest absolute Gasteiger partial charge is 0.234 e. The van der Waals surface area contributed by atoms with E-state index < -0.39 is 0 Å². The number of nitrogens with zero attached hydrogens (tertiary/aromatic N) is 4. The first kappa shape index (κ1) is 11.5. The predicted molar refractivity (Wildman–Crippen MR) is 64.8 cm³/mol. The molecular weight excluding hydrogens is 222 g/mol. The number of hydrogen-bond donors (Lipinski definition) is 1. The Bertz CT molecular complexity index is 493. The zero-order valence-corrected chi connectivity index (χ0v) is 10.9. The molecule has 0 fully saturated rings. The second-order valence-electron chi connectivity index (χ2n) is 5.05. The van der Waals surface area contributed by atoms with Crippen molar-refractivity contribution in [1.29, 1.82) is 0 Å². The van der Waals surface area contributed by atoms with Crippen molar-refractivity contribution in [3.63, 3.8) is 0 Å². The van der Waals surface area contributed by atoms with Crippen LogP contribution in [0.15, 0.2) is 0 Å². The summed E-state index contributed by atoms with van der Waals surface area (Å²) >= 11 is 1.57. The highest BCUT2D eigenvalue weighted by Crippen LogP contribution is 2.25. The molecule has 0 amide bonds. The average Bonchev–Trinajstić information content (AvgIpc) is 2.72. The quantitative estimate of drug-likeness (QED) is 0.863. The standard InChI is InChI=1S/C10H17N5S/c1-6(5-11)7-14-15-8(10(2,3)4)12-13-9(15)16-7/h6H,5,11H2,1-4H3. The SMILES string of the molecule is CC(CN)c1nn2c(C(C)(C)C)nnc2s1. The number of rotatable bonds is 2. The zero-order chi connectivity index (χ0) is 11.9. The molecule has 88 valence electrons. The minimum absolute atomic E-state index is 0.0449. The molecule has 0 spiro atoms. The zero-order valence-electron chi connectivity index (χ0n) is 10.1. The molecule has 1 unspecified atom stereocenters. The highest BCUT2D eigenvalue weighted by Gasteiger charge is 2.24. The van der Waals surface area contributed by atoms with E-state index in [-0.39, 0.29) is 11.3 Å². The first-order valence-electron chi connectivity index (χ1n) is 5.36. The van der Waals surface area contributed by atoms with Crippen LogP contribution in [0.25, 0.3) is 4.96 Å². The molecule has 0 saturated carbocycles. The van der Waals surface area contributed by atoms with Crippen molar-refractivity contribution in [1.82, 2.24) is 19.8 Å². The molecular formula is C10H17N5S. The van der Waals surface area contributed by atoms with Gasteiger partial charge in [0.15, 0.2) is 5.82 Å². The lowest BCUT2D eigenvalue weighted by molar-refractivity contribution is 0.525. The van der Waals surface area contributed by atoms with Crippen LogP contribution in [0.2, 0.25) is 0 Å². The Labute approximate surface area is 98.7 Å². The molecule has 16 heavy (non-hydrogen) atoms. The average molecular weight is 239 g/mol. The van der Waals surface area contributed by atoms with Crippen molar-refractivity contribution >= 4 is 16.3 Å². The van der Waals surface area contributed by atoms with Gasteiger partial charge in [-0.3, -0.25) is 0 Å². The molecule has 2 rings (SSSR count).